The normalized spacial score (nSPS) is 14.0. The number of benzene rings is 1. The third-order valence-electron chi connectivity index (χ3n) is 3.91. The second-order valence-corrected chi connectivity index (χ2v) is 7.46. The Morgan fingerprint density at radius 2 is 1.86 bits per heavy atom. The first-order valence-corrected chi connectivity index (χ1v) is 7.99. The molecule has 2 rings (SSSR count). The van der Waals surface area contributed by atoms with Crippen LogP contribution in [0.1, 0.15) is 46.9 Å². The zero-order valence-electron chi connectivity index (χ0n) is 14.1. The molecule has 1 aromatic carbocycles. The first kappa shape index (κ1) is 16.0. The Balaban J connectivity index is 2.43. The van der Waals surface area contributed by atoms with Crippen molar-refractivity contribution in [1.82, 2.24) is 9.55 Å². The fourth-order valence-electron chi connectivity index (χ4n) is 3.15. The molecule has 116 valence electrons. The van der Waals surface area contributed by atoms with Gasteiger partial charge in [0, 0.05) is 12.0 Å². The predicted molar refractivity (Wildman–Crippen MR) is 90.4 cm³/mol. The van der Waals surface area contributed by atoms with Gasteiger partial charge in [-0.05, 0) is 57.7 Å². The highest BCUT2D eigenvalue weighted by molar-refractivity contribution is 5.76. The van der Waals surface area contributed by atoms with Crippen molar-refractivity contribution in [3.63, 3.8) is 0 Å². The van der Waals surface area contributed by atoms with Crippen LogP contribution in [0.4, 0.5) is 0 Å². The number of aromatic nitrogens is 2. The van der Waals surface area contributed by atoms with Crippen molar-refractivity contribution < 1.29 is 0 Å². The van der Waals surface area contributed by atoms with Crippen LogP contribution in [-0.2, 0) is 12.0 Å². The van der Waals surface area contributed by atoms with E-state index in [2.05, 4.69) is 63.5 Å². The summed E-state index contributed by atoms with van der Waals surface area (Å²) < 4.78 is 2.38. The summed E-state index contributed by atoms with van der Waals surface area (Å²) in [4.78, 5) is 4.88. The molecule has 3 heteroatoms. The minimum Gasteiger partial charge on any atom is -0.330 e. The van der Waals surface area contributed by atoms with Crippen LogP contribution < -0.4 is 5.73 Å². The van der Waals surface area contributed by atoms with Crippen LogP contribution in [0.15, 0.2) is 24.3 Å². The molecule has 0 aliphatic carbocycles. The summed E-state index contributed by atoms with van der Waals surface area (Å²) in [6.07, 6.45) is 2.12. The number of para-hydroxylation sites is 2. The molecule has 0 saturated carbocycles. The zero-order chi connectivity index (χ0) is 15.6. The molecule has 3 nitrogen and oxygen atoms in total. The van der Waals surface area contributed by atoms with Crippen molar-refractivity contribution in [2.24, 2.45) is 17.6 Å². The number of hydrogen-bond donors (Lipinski definition) is 1. The van der Waals surface area contributed by atoms with Gasteiger partial charge in [-0.15, -0.1) is 0 Å². The van der Waals surface area contributed by atoms with E-state index in [1.165, 1.54) is 11.3 Å². The van der Waals surface area contributed by atoms with Crippen molar-refractivity contribution in [2.75, 3.05) is 6.54 Å². The average Bonchev–Trinajstić information content (AvgIpc) is 2.74. The molecule has 2 aromatic rings. The third kappa shape index (κ3) is 3.65. The Kier molecular flexibility index (Phi) is 4.72. The van der Waals surface area contributed by atoms with E-state index in [9.17, 15) is 0 Å². The second-order valence-electron chi connectivity index (χ2n) is 7.46. The van der Waals surface area contributed by atoms with Gasteiger partial charge in [0.2, 0.25) is 0 Å². The van der Waals surface area contributed by atoms with Gasteiger partial charge in [0.1, 0.15) is 5.82 Å². The number of rotatable bonds is 5. The fourth-order valence-corrected chi connectivity index (χ4v) is 3.15. The van der Waals surface area contributed by atoms with Gasteiger partial charge in [0.05, 0.1) is 11.0 Å². The molecular weight excluding hydrogens is 258 g/mol. The standard InChI is InChI=1S/C18H29N3/c1-13(2)10-14(12-19)11-17-20-15-8-6-7-9-16(15)21(17)18(3,4)5/h6-9,13-14H,10-12,19H2,1-5H3. The van der Waals surface area contributed by atoms with Gasteiger partial charge in [-0.25, -0.2) is 4.98 Å². The van der Waals surface area contributed by atoms with Gasteiger partial charge in [-0.2, -0.15) is 0 Å². The molecule has 2 N–H and O–H groups in total. The minimum absolute atomic E-state index is 0.0302. The number of nitrogens with zero attached hydrogens (tertiary/aromatic N) is 2. The molecule has 0 saturated heterocycles. The molecule has 0 bridgehead atoms. The zero-order valence-corrected chi connectivity index (χ0v) is 14.1. The van der Waals surface area contributed by atoms with Gasteiger partial charge in [0.15, 0.2) is 0 Å². The van der Waals surface area contributed by atoms with E-state index in [0.717, 1.165) is 24.9 Å². The van der Waals surface area contributed by atoms with Crippen LogP contribution in [-0.4, -0.2) is 16.1 Å². The Morgan fingerprint density at radius 3 is 2.43 bits per heavy atom. The largest absolute Gasteiger partial charge is 0.330 e. The van der Waals surface area contributed by atoms with Crippen LogP contribution in [0.2, 0.25) is 0 Å². The second kappa shape index (κ2) is 6.18. The van der Waals surface area contributed by atoms with Crippen molar-refractivity contribution in [3.8, 4) is 0 Å². The lowest BCUT2D eigenvalue weighted by molar-refractivity contribution is 0.362. The van der Waals surface area contributed by atoms with Gasteiger partial charge in [0.25, 0.3) is 0 Å². The molecule has 0 amide bonds. The van der Waals surface area contributed by atoms with Crippen molar-refractivity contribution in [1.29, 1.82) is 0 Å². The molecule has 0 aliphatic rings. The first-order valence-electron chi connectivity index (χ1n) is 7.99. The molecule has 1 unspecified atom stereocenters. The Hall–Kier alpha value is -1.35. The summed E-state index contributed by atoms with van der Waals surface area (Å²) in [6, 6.07) is 8.41. The van der Waals surface area contributed by atoms with Crippen LogP contribution in [0.25, 0.3) is 11.0 Å². The van der Waals surface area contributed by atoms with Crippen molar-refractivity contribution in [2.45, 2.75) is 53.0 Å². The van der Waals surface area contributed by atoms with E-state index in [1.54, 1.807) is 0 Å². The summed E-state index contributed by atoms with van der Waals surface area (Å²) >= 11 is 0. The van der Waals surface area contributed by atoms with Crippen molar-refractivity contribution in [3.05, 3.63) is 30.1 Å². The summed E-state index contributed by atoms with van der Waals surface area (Å²) in [5.74, 6) is 2.34. The monoisotopic (exact) mass is 287 g/mol. The summed E-state index contributed by atoms with van der Waals surface area (Å²) in [5.41, 5.74) is 8.32. The molecule has 0 spiro atoms. The molecule has 0 radical (unpaired) electrons. The van der Waals surface area contributed by atoms with E-state index in [0.29, 0.717) is 11.8 Å². The van der Waals surface area contributed by atoms with E-state index < -0.39 is 0 Å². The maximum Gasteiger partial charge on any atom is 0.110 e. The quantitative estimate of drug-likeness (QED) is 0.904. The maximum atomic E-state index is 5.99. The summed E-state index contributed by atoms with van der Waals surface area (Å²) in [6.45, 7) is 12.0. The first-order chi connectivity index (χ1) is 9.82. The van der Waals surface area contributed by atoms with Gasteiger partial charge >= 0.3 is 0 Å². The molecule has 0 aliphatic heterocycles. The lowest BCUT2D eigenvalue weighted by Gasteiger charge is -2.26. The lowest BCUT2D eigenvalue weighted by atomic mass is 9.93. The fraction of sp³-hybridized carbons (Fsp3) is 0.611. The van der Waals surface area contributed by atoms with E-state index in [-0.39, 0.29) is 5.54 Å². The molecule has 21 heavy (non-hydrogen) atoms. The maximum absolute atomic E-state index is 5.99. The Labute approximate surface area is 128 Å². The minimum atomic E-state index is 0.0302. The molecule has 0 fully saturated rings. The van der Waals surface area contributed by atoms with E-state index >= 15 is 0 Å². The van der Waals surface area contributed by atoms with E-state index in [1.807, 2.05) is 0 Å². The lowest BCUT2D eigenvalue weighted by Crippen LogP contribution is -2.27. The highest BCUT2D eigenvalue weighted by atomic mass is 15.1. The number of hydrogen-bond acceptors (Lipinski definition) is 2. The third-order valence-corrected chi connectivity index (χ3v) is 3.91. The molecule has 1 atom stereocenters. The van der Waals surface area contributed by atoms with Crippen LogP contribution in [0.3, 0.4) is 0 Å². The molecule has 1 heterocycles. The van der Waals surface area contributed by atoms with Crippen molar-refractivity contribution >= 4 is 11.0 Å². The number of imidazole rings is 1. The van der Waals surface area contributed by atoms with Gasteiger partial charge in [-0.3, -0.25) is 0 Å². The van der Waals surface area contributed by atoms with Crippen LogP contribution in [0, 0.1) is 11.8 Å². The topological polar surface area (TPSA) is 43.8 Å². The van der Waals surface area contributed by atoms with Crippen LogP contribution >= 0.6 is 0 Å². The number of fused-ring (bicyclic) bond motifs is 1. The SMILES string of the molecule is CC(C)CC(CN)Cc1nc2ccccc2n1C(C)(C)C. The Morgan fingerprint density at radius 1 is 1.19 bits per heavy atom. The molecule has 1 aromatic heterocycles. The van der Waals surface area contributed by atoms with Gasteiger partial charge in [-0.1, -0.05) is 26.0 Å². The smallest absolute Gasteiger partial charge is 0.110 e. The summed E-state index contributed by atoms with van der Waals surface area (Å²) in [7, 11) is 0. The number of nitrogens with two attached hydrogens (primary N) is 1. The highest BCUT2D eigenvalue weighted by Crippen LogP contribution is 2.27. The summed E-state index contributed by atoms with van der Waals surface area (Å²) in [5, 5.41) is 0. The average molecular weight is 287 g/mol. The van der Waals surface area contributed by atoms with Crippen LogP contribution in [0.5, 0.6) is 0 Å². The Bertz CT molecular complexity index is 590. The van der Waals surface area contributed by atoms with Gasteiger partial charge < -0.3 is 10.3 Å². The molecular formula is C18H29N3. The predicted octanol–water partition coefficient (Wildman–Crippen LogP) is 3.95. The highest BCUT2D eigenvalue weighted by Gasteiger charge is 2.23. The van der Waals surface area contributed by atoms with E-state index in [4.69, 9.17) is 10.7 Å².